The molecule has 0 radical (unpaired) electrons. The molecule has 2 fully saturated rings. The van der Waals surface area contributed by atoms with Crippen LogP contribution >= 0.6 is 0 Å². The molecule has 1 aliphatic heterocycles. The summed E-state index contributed by atoms with van der Waals surface area (Å²) >= 11 is 0. The third-order valence-corrected chi connectivity index (χ3v) is 3.89. The van der Waals surface area contributed by atoms with E-state index in [1.807, 2.05) is 0 Å². The molecule has 1 heterocycles. The van der Waals surface area contributed by atoms with Crippen LogP contribution in [0.3, 0.4) is 0 Å². The van der Waals surface area contributed by atoms with Gasteiger partial charge in [-0.15, -0.1) is 0 Å². The van der Waals surface area contributed by atoms with E-state index in [2.05, 4.69) is 10.2 Å². The first kappa shape index (κ1) is 14.3. The van der Waals surface area contributed by atoms with Crippen molar-refractivity contribution in [1.29, 1.82) is 0 Å². The minimum Gasteiger partial charge on any atom is -0.379 e. The monoisotopic (exact) mass is 256 g/mol. The van der Waals surface area contributed by atoms with Crippen LogP contribution in [-0.4, -0.2) is 63.5 Å². The van der Waals surface area contributed by atoms with E-state index >= 15 is 0 Å². The van der Waals surface area contributed by atoms with Crippen molar-refractivity contribution in [2.45, 2.75) is 38.2 Å². The van der Waals surface area contributed by atoms with Crippen LogP contribution in [0.4, 0.5) is 0 Å². The summed E-state index contributed by atoms with van der Waals surface area (Å²) in [5.41, 5.74) is 0. The SMILES string of the molecule is C1CCC(OCCNCCN2CCOCC2)CC1. The first-order valence-corrected chi connectivity index (χ1v) is 7.57. The van der Waals surface area contributed by atoms with Crippen molar-refractivity contribution < 1.29 is 9.47 Å². The van der Waals surface area contributed by atoms with Crippen molar-refractivity contribution in [1.82, 2.24) is 10.2 Å². The first-order chi connectivity index (χ1) is 8.95. The largest absolute Gasteiger partial charge is 0.379 e. The number of nitrogens with one attached hydrogen (secondary N) is 1. The van der Waals surface area contributed by atoms with E-state index in [0.29, 0.717) is 6.10 Å². The molecular formula is C14H28N2O2. The average molecular weight is 256 g/mol. The van der Waals surface area contributed by atoms with Crippen molar-refractivity contribution in [3.8, 4) is 0 Å². The molecular weight excluding hydrogens is 228 g/mol. The Bertz CT molecular complexity index is 180. The maximum atomic E-state index is 5.88. The second-order valence-corrected chi connectivity index (χ2v) is 5.33. The van der Waals surface area contributed by atoms with Gasteiger partial charge in [-0.3, -0.25) is 4.90 Å². The van der Waals surface area contributed by atoms with Gasteiger partial charge in [0.2, 0.25) is 0 Å². The van der Waals surface area contributed by atoms with Gasteiger partial charge in [0, 0.05) is 32.7 Å². The fraction of sp³-hybridized carbons (Fsp3) is 1.00. The predicted molar refractivity (Wildman–Crippen MR) is 73.0 cm³/mol. The fourth-order valence-electron chi connectivity index (χ4n) is 2.72. The topological polar surface area (TPSA) is 33.7 Å². The van der Waals surface area contributed by atoms with E-state index in [9.17, 15) is 0 Å². The van der Waals surface area contributed by atoms with Crippen LogP contribution < -0.4 is 5.32 Å². The van der Waals surface area contributed by atoms with Crippen LogP contribution in [0.5, 0.6) is 0 Å². The highest BCUT2D eigenvalue weighted by Gasteiger charge is 2.13. The van der Waals surface area contributed by atoms with Crippen LogP contribution in [-0.2, 0) is 9.47 Å². The van der Waals surface area contributed by atoms with Crippen molar-refractivity contribution >= 4 is 0 Å². The number of rotatable bonds is 7. The molecule has 0 bridgehead atoms. The standard InChI is InChI=1S/C14H28N2O2/c1-2-4-14(5-3-1)18-11-7-15-6-8-16-9-12-17-13-10-16/h14-15H,1-13H2. The average Bonchev–Trinajstić information content (AvgIpc) is 2.45. The maximum absolute atomic E-state index is 5.88. The summed E-state index contributed by atoms with van der Waals surface area (Å²) in [7, 11) is 0. The van der Waals surface area contributed by atoms with Crippen LogP contribution in [0.2, 0.25) is 0 Å². The lowest BCUT2D eigenvalue weighted by Crippen LogP contribution is -2.40. The molecule has 0 aromatic rings. The van der Waals surface area contributed by atoms with E-state index in [-0.39, 0.29) is 0 Å². The van der Waals surface area contributed by atoms with Crippen molar-refractivity contribution in [3.63, 3.8) is 0 Å². The number of ether oxygens (including phenoxy) is 2. The van der Waals surface area contributed by atoms with E-state index in [4.69, 9.17) is 9.47 Å². The Labute approximate surface area is 111 Å². The third kappa shape index (κ3) is 5.65. The Hall–Kier alpha value is -0.160. The Morgan fingerprint density at radius 3 is 2.61 bits per heavy atom. The number of hydrogen-bond acceptors (Lipinski definition) is 4. The van der Waals surface area contributed by atoms with Crippen LogP contribution in [0.25, 0.3) is 0 Å². The predicted octanol–water partition coefficient (Wildman–Crippen LogP) is 1.26. The molecule has 0 unspecified atom stereocenters. The van der Waals surface area contributed by atoms with Gasteiger partial charge in [0.25, 0.3) is 0 Å². The highest BCUT2D eigenvalue weighted by Crippen LogP contribution is 2.19. The normalized spacial score (nSPS) is 23.3. The van der Waals surface area contributed by atoms with Gasteiger partial charge in [-0.2, -0.15) is 0 Å². The minimum absolute atomic E-state index is 0.541. The van der Waals surface area contributed by atoms with Gasteiger partial charge in [-0.25, -0.2) is 0 Å². The highest BCUT2D eigenvalue weighted by molar-refractivity contribution is 4.66. The Morgan fingerprint density at radius 2 is 1.83 bits per heavy atom. The minimum atomic E-state index is 0.541. The first-order valence-electron chi connectivity index (χ1n) is 7.57. The summed E-state index contributed by atoms with van der Waals surface area (Å²) in [5.74, 6) is 0. The van der Waals surface area contributed by atoms with Gasteiger partial charge in [0.1, 0.15) is 0 Å². The highest BCUT2D eigenvalue weighted by atomic mass is 16.5. The molecule has 0 aromatic heterocycles. The number of morpholine rings is 1. The van der Waals surface area contributed by atoms with Crippen molar-refractivity contribution in [2.24, 2.45) is 0 Å². The Kier molecular flexibility index (Phi) is 7.01. The molecule has 2 aliphatic rings. The zero-order valence-corrected chi connectivity index (χ0v) is 11.5. The molecule has 1 saturated heterocycles. The quantitative estimate of drug-likeness (QED) is 0.695. The van der Waals surface area contributed by atoms with Crippen LogP contribution in [0, 0.1) is 0 Å². The second-order valence-electron chi connectivity index (χ2n) is 5.33. The summed E-state index contributed by atoms with van der Waals surface area (Å²) in [5, 5.41) is 3.46. The van der Waals surface area contributed by atoms with Crippen LogP contribution in [0.1, 0.15) is 32.1 Å². The summed E-state index contributed by atoms with van der Waals surface area (Å²) in [6.45, 7) is 8.01. The summed E-state index contributed by atoms with van der Waals surface area (Å²) in [6, 6.07) is 0. The molecule has 1 N–H and O–H groups in total. The van der Waals surface area contributed by atoms with Gasteiger partial charge >= 0.3 is 0 Å². The molecule has 4 heteroatoms. The van der Waals surface area contributed by atoms with Gasteiger partial charge in [0.05, 0.1) is 25.9 Å². The second kappa shape index (κ2) is 8.86. The lowest BCUT2D eigenvalue weighted by Gasteiger charge is -2.26. The van der Waals surface area contributed by atoms with Crippen molar-refractivity contribution in [3.05, 3.63) is 0 Å². The van der Waals surface area contributed by atoms with Gasteiger partial charge in [0.15, 0.2) is 0 Å². The number of nitrogens with zero attached hydrogens (tertiary/aromatic N) is 1. The Balaban J connectivity index is 1.39. The third-order valence-electron chi connectivity index (χ3n) is 3.89. The molecule has 0 atom stereocenters. The molecule has 18 heavy (non-hydrogen) atoms. The van der Waals surface area contributed by atoms with Gasteiger partial charge < -0.3 is 14.8 Å². The van der Waals surface area contributed by atoms with E-state index in [1.165, 1.54) is 32.1 Å². The molecule has 106 valence electrons. The molecule has 1 aliphatic carbocycles. The van der Waals surface area contributed by atoms with Gasteiger partial charge in [-0.05, 0) is 12.8 Å². The molecule has 1 saturated carbocycles. The number of hydrogen-bond donors (Lipinski definition) is 1. The molecule has 0 amide bonds. The fourth-order valence-corrected chi connectivity index (χ4v) is 2.72. The Morgan fingerprint density at radius 1 is 1.06 bits per heavy atom. The molecule has 2 rings (SSSR count). The van der Waals surface area contributed by atoms with Crippen LogP contribution in [0.15, 0.2) is 0 Å². The molecule has 0 spiro atoms. The summed E-state index contributed by atoms with van der Waals surface area (Å²) < 4.78 is 11.2. The summed E-state index contributed by atoms with van der Waals surface area (Å²) in [6.07, 6.45) is 7.20. The van der Waals surface area contributed by atoms with E-state index < -0.39 is 0 Å². The lowest BCUT2D eigenvalue weighted by atomic mass is 9.98. The smallest absolute Gasteiger partial charge is 0.0594 e. The zero-order valence-electron chi connectivity index (χ0n) is 11.5. The van der Waals surface area contributed by atoms with Crippen molar-refractivity contribution in [2.75, 3.05) is 52.5 Å². The van der Waals surface area contributed by atoms with E-state index in [0.717, 1.165) is 52.5 Å². The lowest BCUT2D eigenvalue weighted by molar-refractivity contribution is 0.0277. The maximum Gasteiger partial charge on any atom is 0.0594 e. The van der Waals surface area contributed by atoms with E-state index in [1.54, 1.807) is 0 Å². The zero-order chi connectivity index (χ0) is 12.5. The summed E-state index contributed by atoms with van der Waals surface area (Å²) in [4.78, 5) is 2.46. The molecule has 4 nitrogen and oxygen atoms in total. The van der Waals surface area contributed by atoms with Gasteiger partial charge in [-0.1, -0.05) is 19.3 Å². The molecule has 0 aromatic carbocycles.